The van der Waals surface area contributed by atoms with Gasteiger partial charge in [-0.1, -0.05) is 79.0 Å². The first-order valence-corrected chi connectivity index (χ1v) is 12.8. The van der Waals surface area contributed by atoms with Crippen LogP contribution in [0.5, 0.6) is 0 Å². The predicted octanol–water partition coefficient (Wildman–Crippen LogP) is 9.22. The van der Waals surface area contributed by atoms with Gasteiger partial charge >= 0.3 is 0 Å². The Morgan fingerprint density at radius 1 is 1.19 bits per heavy atom. The zero-order valence-electron chi connectivity index (χ0n) is 21.8. The molecule has 0 heterocycles. The van der Waals surface area contributed by atoms with Crippen molar-refractivity contribution in [2.24, 2.45) is 22.2 Å². The second-order valence-corrected chi connectivity index (χ2v) is 9.49. The monoisotopic (exact) mass is 459 g/mol. The maximum absolute atomic E-state index is 13.9. The molecule has 0 aliphatic heterocycles. The second kappa shape index (κ2) is 15.3. The third-order valence-corrected chi connectivity index (χ3v) is 7.33. The molecule has 0 saturated carbocycles. The zero-order valence-corrected chi connectivity index (χ0v) is 23.0. The van der Waals surface area contributed by atoms with Crippen molar-refractivity contribution in [2.45, 2.75) is 80.8 Å². The highest BCUT2D eigenvalue weighted by Gasteiger charge is 2.23. The summed E-state index contributed by atoms with van der Waals surface area (Å²) in [5.74, 6) is 0.245. The van der Waals surface area contributed by atoms with Crippen LogP contribution in [-0.2, 0) is 0 Å². The lowest BCUT2D eigenvalue weighted by Gasteiger charge is -2.28. The molecule has 0 saturated heterocycles. The molecule has 0 aromatic heterocycles. The Morgan fingerprint density at radius 3 is 2.22 bits per heavy atom. The average molecular weight is 460 g/mol. The molecule has 0 aliphatic carbocycles. The summed E-state index contributed by atoms with van der Waals surface area (Å²) in [6, 6.07) is 0. The molecule has 3 heteroatoms. The van der Waals surface area contributed by atoms with Crippen molar-refractivity contribution in [2.75, 3.05) is 6.16 Å². The largest absolute Gasteiger partial charge is 0.261 e. The Kier molecular flexibility index (Phi) is 14.6. The van der Waals surface area contributed by atoms with Gasteiger partial charge in [0.15, 0.2) is 0 Å². The zero-order chi connectivity index (χ0) is 24.9. The van der Waals surface area contributed by atoms with Crippen LogP contribution < -0.4 is 0 Å². The number of hydrogen-bond donors (Lipinski definition) is 0. The highest BCUT2D eigenvalue weighted by molar-refractivity contribution is 7.16. The van der Waals surface area contributed by atoms with Gasteiger partial charge in [0.25, 0.3) is 0 Å². The van der Waals surface area contributed by atoms with Gasteiger partial charge in [0.1, 0.15) is 6.17 Å². The van der Waals surface area contributed by atoms with Gasteiger partial charge in [0.2, 0.25) is 0 Å². The van der Waals surface area contributed by atoms with Crippen LogP contribution in [0.1, 0.15) is 74.7 Å². The quantitative estimate of drug-likeness (QED) is 0.139. The van der Waals surface area contributed by atoms with Crippen molar-refractivity contribution < 1.29 is 4.39 Å². The minimum atomic E-state index is -0.852. The number of allylic oxidation sites excluding steroid dienone is 9. The number of alkyl halides is 1. The van der Waals surface area contributed by atoms with Crippen molar-refractivity contribution in [3.05, 3.63) is 72.0 Å². The summed E-state index contributed by atoms with van der Waals surface area (Å²) in [4.78, 5) is 4.73. The number of hydrogen-bond acceptors (Lipinski definition) is 1. The van der Waals surface area contributed by atoms with Gasteiger partial charge < -0.3 is 0 Å². The Bertz CT molecular complexity index is 758. The van der Waals surface area contributed by atoms with Gasteiger partial charge in [0, 0.05) is 17.8 Å². The van der Waals surface area contributed by atoms with Crippen LogP contribution in [0.4, 0.5) is 4.39 Å². The summed E-state index contributed by atoms with van der Waals surface area (Å²) in [6.07, 6.45) is 14.8. The van der Waals surface area contributed by atoms with E-state index in [1.54, 1.807) is 6.92 Å². The molecule has 180 valence electrons. The van der Waals surface area contributed by atoms with E-state index in [0.29, 0.717) is 5.92 Å². The van der Waals surface area contributed by atoms with Gasteiger partial charge in [-0.15, -0.1) is 9.24 Å². The molecule has 0 rings (SSSR count). The third-order valence-electron chi connectivity index (χ3n) is 6.43. The third kappa shape index (κ3) is 9.53. The number of rotatable bonds is 14. The molecule has 0 bridgehead atoms. The van der Waals surface area contributed by atoms with E-state index < -0.39 is 6.17 Å². The molecule has 0 fully saturated rings. The van der Waals surface area contributed by atoms with E-state index in [-0.39, 0.29) is 11.3 Å². The first kappa shape index (κ1) is 30.5. The van der Waals surface area contributed by atoms with Crippen LogP contribution in [-0.4, -0.2) is 18.0 Å². The number of nitrogens with zero attached hydrogens (tertiary/aromatic N) is 1. The maximum atomic E-state index is 13.9. The predicted molar refractivity (Wildman–Crippen MR) is 148 cm³/mol. The van der Waals surface area contributed by atoms with E-state index in [0.717, 1.165) is 47.9 Å². The molecule has 0 N–H and O–H groups in total. The maximum Gasteiger partial charge on any atom is 0.104 e. The van der Waals surface area contributed by atoms with E-state index in [4.69, 9.17) is 4.99 Å². The highest BCUT2D eigenvalue weighted by Crippen LogP contribution is 2.34. The molecule has 0 radical (unpaired) electrons. The number of halogens is 1. The van der Waals surface area contributed by atoms with Crippen molar-refractivity contribution in [1.82, 2.24) is 0 Å². The van der Waals surface area contributed by atoms with Crippen molar-refractivity contribution >= 4 is 15.0 Å². The fraction of sp³-hybridized carbons (Fsp3) is 0.552. The molecule has 0 aromatic rings. The minimum Gasteiger partial charge on any atom is -0.261 e. The standard InChI is InChI=1S/C29H47FNP/c1-11-15-28(26(13-3)18-22(7)29(10,14-4)20-32)24(9)31-17-16-27(21(5)6)19-25(12-2)23(8)30/h11,15-19,21,23,25H,1,7,12-14,20,32H2,2-6,8-10H3/b17-16+,26-18+,27-19-,28-15+,31-24+. The topological polar surface area (TPSA) is 12.4 Å². The molecular weight excluding hydrogens is 412 g/mol. The second-order valence-electron chi connectivity index (χ2n) is 9.08. The molecule has 0 aliphatic rings. The summed E-state index contributed by atoms with van der Waals surface area (Å²) in [7, 11) is 2.86. The number of aliphatic imine (C=N–C) groups is 1. The SMILES string of the molecule is C=C/C=C(C(=C/C(=C)C(C)(CC)CP)/CC)\C(C)=N\C=C\C(=C\C(CC)C(C)F)C(C)C. The smallest absolute Gasteiger partial charge is 0.104 e. The fourth-order valence-electron chi connectivity index (χ4n) is 3.40. The lowest BCUT2D eigenvalue weighted by molar-refractivity contribution is 0.280. The lowest BCUT2D eigenvalue weighted by Crippen LogP contribution is -2.19. The fourth-order valence-corrected chi connectivity index (χ4v) is 3.95. The molecule has 4 atom stereocenters. The molecule has 1 nitrogen and oxygen atoms in total. The summed E-state index contributed by atoms with van der Waals surface area (Å²) >= 11 is 0. The summed E-state index contributed by atoms with van der Waals surface area (Å²) in [5, 5.41) is 0. The van der Waals surface area contributed by atoms with Crippen LogP contribution in [0.2, 0.25) is 0 Å². The van der Waals surface area contributed by atoms with Gasteiger partial charge in [-0.3, -0.25) is 4.99 Å². The van der Waals surface area contributed by atoms with Gasteiger partial charge in [-0.2, -0.15) is 0 Å². The molecule has 0 spiro atoms. The summed E-state index contributed by atoms with van der Waals surface area (Å²) < 4.78 is 13.9. The minimum absolute atomic E-state index is 0.0651. The van der Waals surface area contributed by atoms with Crippen molar-refractivity contribution in [3.8, 4) is 0 Å². The normalized spacial score (nSPS) is 18.1. The summed E-state index contributed by atoms with van der Waals surface area (Å²) in [5.41, 5.74) is 5.54. The van der Waals surface area contributed by atoms with E-state index in [1.807, 2.05) is 38.3 Å². The van der Waals surface area contributed by atoms with E-state index in [9.17, 15) is 4.39 Å². The van der Waals surface area contributed by atoms with E-state index in [1.165, 1.54) is 5.57 Å². The molecule has 4 unspecified atom stereocenters. The lowest BCUT2D eigenvalue weighted by atomic mass is 9.80. The van der Waals surface area contributed by atoms with Crippen LogP contribution in [0.3, 0.4) is 0 Å². The van der Waals surface area contributed by atoms with Crippen LogP contribution in [0, 0.1) is 17.3 Å². The van der Waals surface area contributed by atoms with E-state index in [2.05, 4.69) is 69.2 Å². The van der Waals surface area contributed by atoms with Crippen LogP contribution in [0.25, 0.3) is 0 Å². The van der Waals surface area contributed by atoms with Gasteiger partial charge in [-0.05, 0) is 79.0 Å². The first-order valence-electron chi connectivity index (χ1n) is 12.0. The molecule has 0 aromatic carbocycles. The Morgan fingerprint density at radius 2 is 1.81 bits per heavy atom. The molecular formula is C29H47FNP. The van der Waals surface area contributed by atoms with Gasteiger partial charge in [-0.25, -0.2) is 4.39 Å². The molecule has 32 heavy (non-hydrogen) atoms. The van der Waals surface area contributed by atoms with E-state index >= 15 is 0 Å². The highest BCUT2D eigenvalue weighted by atomic mass is 31.0. The van der Waals surface area contributed by atoms with Crippen LogP contribution in [0.15, 0.2) is 77.0 Å². The van der Waals surface area contributed by atoms with Crippen molar-refractivity contribution in [1.29, 1.82) is 0 Å². The summed E-state index contributed by atoms with van der Waals surface area (Å²) in [6.45, 7) is 24.9. The Labute approximate surface area is 200 Å². The Hall–Kier alpha value is -1.53. The van der Waals surface area contributed by atoms with Gasteiger partial charge in [0.05, 0.1) is 0 Å². The molecule has 0 amide bonds. The Balaban J connectivity index is 6.05. The van der Waals surface area contributed by atoms with Crippen LogP contribution >= 0.6 is 9.24 Å². The van der Waals surface area contributed by atoms with Crippen molar-refractivity contribution in [3.63, 3.8) is 0 Å². The average Bonchev–Trinajstić information content (AvgIpc) is 2.76. The first-order chi connectivity index (χ1) is 15.0.